The van der Waals surface area contributed by atoms with Crippen LogP contribution >= 0.6 is 11.3 Å². The Morgan fingerprint density at radius 2 is 2.00 bits per heavy atom. The molecule has 0 aliphatic carbocycles. The summed E-state index contributed by atoms with van der Waals surface area (Å²) in [6, 6.07) is 6.13. The van der Waals surface area contributed by atoms with E-state index in [9.17, 15) is 18.0 Å². The predicted molar refractivity (Wildman–Crippen MR) is 103 cm³/mol. The topological polar surface area (TPSA) is 53.0 Å². The molecule has 0 atom stereocenters. The minimum Gasteiger partial charge on any atom is -0.316 e. The van der Waals surface area contributed by atoms with Gasteiger partial charge in [-0.3, -0.25) is 4.79 Å². The molecule has 0 bridgehead atoms. The highest BCUT2D eigenvalue weighted by Crippen LogP contribution is 2.33. The molecule has 0 saturated heterocycles. The lowest BCUT2D eigenvalue weighted by Crippen LogP contribution is -2.14. The molecule has 0 aliphatic rings. The second-order valence-electron chi connectivity index (χ2n) is 5.41. The van der Waals surface area contributed by atoms with E-state index in [4.69, 9.17) is 11.8 Å². The van der Waals surface area contributed by atoms with Crippen molar-refractivity contribution in [3.05, 3.63) is 70.6 Å². The van der Waals surface area contributed by atoms with Gasteiger partial charge < -0.3 is 10.7 Å². The van der Waals surface area contributed by atoms with Crippen molar-refractivity contribution in [1.29, 1.82) is 5.41 Å². The molecule has 3 nitrogen and oxygen atoms in total. The second-order valence-corrected chi connectivity index (χ2v) is 6.46. The Kier molecular flexibility index (Phi) is 6.37. The minimum atomic E-state index is -4.41. The van der Waals surface area contributed by atoms with E-state index in [-0.39, 0.29) is 6.42 Å². The maximum absolute atomic E-state index is 12.6. The van der Waals surface area contributed by atoms with E-state index in [1.807, 2.05) is 0 Å². The number of hydrogen-bond donors (Lipinski definition) is 2. The van der Waals surface area contributed by atoms with Crippen molar-refractivity contribution in [3.8, 4) is 12.3 Å². The Hall–Kier alpha value is -3.11. The van der Waals surface area contributed by atoms with Crippen molar-refractivity contribution in [2.75, 3.05) is 5.32 Å². The van der Waals surface area contributed by atoms with E-state index in [1.54, 1.807) is 18.2 Å². The van der Waals surface area contributed by atoms with Gasteiger partial charge in [-0.1, -0.05) is 30.7 Å². The monoisotopic (exact) mass is 388 g/mol. The lowest BCUT2D eigenvalue weighted by Gasteiger charge is -2.08. The number of rotatable bonds is 6. The number of anilines is 1. The first-order valence-electron chi connectivity index (χ1n) is 7.68. The van der Waals surface area contributed by atoms with Gasteiger partial charge in [0.25, 0.3) is 0 Å². The molecule has 1 heterocycles. The van der Waals surface area contributed by atoms with Crippen LogP contribution in [0.3, 0.4) is 0 Å². The van der Waals surface area contributed by atoms with Crippen LogP contribution in [0.2, 0.25) is 0 Å². The highest BCUT2D eigenvalue weighted by Gasteiger charge is 2.30. The first-order chi connectivity index (χ1) is 12.8. The van der Waals surface area contributed by atoms with Gasteiger partial charge in [-0.2, -0.15) is 13.2 Å². The molecule has 0 aliphatic heterocycles. The average molecular weight is 388 g/mol. The molecular formula is C20H15F3N2OS. The van der Waals surface area contributed by atoms with Crippen LogP contribution in [0.25, 0.3) is 5.57 Å². The summed E-state index contributed by atoms with van der Waals surface area (Å²) in [7, 11) is 0. The summed E-state index contributed by atoms with van der Waals surface area (Å²) in [6.07, 6.45) is 5.22. The van der Waals surface area contributed by atoms with Crippen molar-refractivity contribution in [3.63, 3.8) is 0 Å². The van der Waals surface area contributed by atoms with Crippen LogP contribution in [0.15, 0.2) is 49.1 Å². The van der Waals surface area contributed by atoms with Crippen molar-refractivity contribution in [1.82, 2.24) is 0 Å². The average Bonchev–Trinajstić information content (AvgIpc) is 3.01. The van der Waals surface area contributed by atoms with Crippen LogP contribution in [0.5, 0.6) is 0 Å². The first kappa shape index (κ1) is 20.2. The minimum absolute atomic E-state index is 0.0833. The number of halogens is 3. The molecule has 2 rings (SSSR count). The molecule has 0 unspecified atom stereocenters. The van der Waals surface area contributed by atoms with Crippen molar-refractivity contribution in [2.45, 2.75) is 12.6 Å². The van der Waals surface area contributed by atoms with Crippen LogP contribution < -0.4 is 5.32 Å². The lowest BCUT2D eigenvalue weighted by atomic mass is 10.1. The third kappa shape index (κ3) is 5.19. The fourth-order valence-electron chi connectivity index (χ4n) is 2.24. The third-order valence-electron chi connectivity index (χ3n) is 3.55. The zero-order chi connectivity index (χ0) is 20.0. The van der Waals surface area contributed by atoms with E-state index in [0.717, 1.165) is 23.2 Å². The standard InChI is InChI=1S/C20H15F3N2OS/c1-3-14(9-10-24)17-12-15(4-2)19(27-17)25-18(26)11-13-5-7-16(8-6-13)20(21,22)23/h2-3,5-10,12,24H,1,11H2,(H,25,26)/b14-9+,24-10?. The lowest BCUT2D eigenvalue weighted by molar-refractivity contribution is -0.137. The Labute approximate surface area is 158 Å². The fourth-order valence-corrected chi connectivity index (χ4v) is 3.30. The molecule has 1 aromatic heterocycles. The van der Waals surface area contributed by atoms with Crippen molar-refractivity contribution < 1.29 is 18.0 Å². The molecule has 0 radical (unpaired) electrons. The molecule has 0 saturated carbocycles. The van der Waals surface area contributed by atoms with Gasteiger partial charge in [-0.25, -0.2) is 0 Å². The van der Waals surface area contributed by atoms with Crippen molar-refractivity contribution in [2.24, 2.45) is 0 Å². The fraction of sp³-hybridized carbons (Fsp3) is 0.100. The summed E-state index contributed by atoms with van der Waals surface area (Å²) in [5.41, 5.74) is 0.859. The Morgan fingerprint density at radius 1 is 1.33 bits per heavy atom. The van der Waals surface area contributed by atoms with Gasteiger partial charge in [0.2, 0.25) is 5.91 Å². The number of terminal acetylenes is 1. The Balaban J connectivity index is 2.15. The van der Waals surface area contributed by atoms with E-state index in [0.29, 0.717) is 21.7 Å². The van der Waals surface area contributed by atoms with Crippen LogP contribution in [0.4, 0.5) is 18.2 Å². The number of alkyl halides is 3. The van der Waals surface area contributed by atoms with Crippen LogP contribution in [0, 0.1) is 17.8 Å². The number of nitrogens with one attached hydrogen (secondary N) is 2. The maximum atomic E-state index is 12.6. The molecule has 2 N–H and O–H groups in total. The molecule has 0 spiro atoms. The normalized spacial score (nSPS) is 11.6. The predicted octanol–water partition coefficient (Wildman–Crippen LogP) is 5.15. The summed E-state index contributed by atoms with van der Waals surface area (Å²) in [6.45, 7) is 3.68. The highest BCUT2D eigenvalue weighted by atomic mass is 32.1. The summed E-state index contributed by atoms with van der Waals surface area (Å²) >= 11 is 1.24. The number of hydrogen-bond acceptors (Lipinski definition) is 3. The molecule has 0 fully saturated rings. The van der Waals surface area contributed by atoms with E-state index >= 15 is 0 Å². The molecule has 1 aromatic carbocycles. The molecule has 27 heavy (non-hydrogen) atoms. The number of carbonyl (C=O) groups is 1. The molecule has 1 amide bonds. The van der Waals surface area contributed by atoms with Gasteiger partial charge in [0, 0.05) is 11.1 Å². The summed E-state index contributed by atoms with van der Waals surface area (Å²) in [5, 5.41) is 10.3. The van der Waals surface area contributed by atoms with Gasteiger partial charge in [0.15, 0.2) is 0 Å². The largest absolute Gasteiger partial charge is 0.416 e. The summed E-state index contributed by atoms with van der Waals surface area (Å²) in [4.78, 5) is 13.0. The first-order valence-corrected chi connectivity index (χ1v) is 8.50. The Morgan fingerprint density at radius 3 is 2.52 bits per heavy atom. The smallest absolute Gasteiger partial charge is 0.316 e. The summed E-state index contributed by atoms with van der Waals surface area (Å²) in [5.74, 6) is 2.09. The zero-order valence-corrected chi connectivity index (χ0v) is 14.9. The number of carbonyl (C=O) groups excluding carboxylic acids is 1. The number of benzene rings is 1. The van der Waals surface area contributed by atoms with Crippen LogP contribution in [0.1, 0.15) is 21.6 Å². The van der Waals surface area contributed by atoms with E-state index in [2.05, 4.69) is 17.8 Å². The maximum Gasteiger partial charge on any atom is 0.416 e. The van der Waals surface area contributed by atoms with Crippen LogP contribution in [-0.2, 0) is 17.4 Å². The van der Waals surface area contributed by atoms with E-state index in [1.165, 1.54) is 23.5 Å². The Bertz CT molecular complexity index is 932. The highest BCUT2D eigenvalue weighted by molar-refractivity contribution is 7.17. The van der Waals surface area contributed by atoms with Gasteiger partial charge in [-0.05, 0) is 35.4 Å². The van der Waals surface area contributed by atoms with Crippen molar-refractivity contribution >= 4 is 34.0 Å². The molecule has 2 aromatic rings. The number of amides is 1. The molecular weight excluding hydrogens is 373 g/mol. The van der Waals surface area contributed by atoms with Crippen LogP contribution in [-0.4, -0.2) is 12.1 Å². The SMILES string of the molecule is C#Cc1cc(/C(C=C)=C/C=N)sc1NC(=O)Cc1ccc(C(F)(F)F)cc1. The second kappa shape index (κ2) is 8.52. The molecule has 7 heteroatoms. The van der Waals surface area contributed by atoms with E-state index < -0.39 is 17.6 Å². The van der Waals surface area contributed by atoms with Gasteiger partial charge >= 0.3 is 6.18 Å². The zero-order valence-electron chi connectivity index (χ0n) is 14.1. The third-order valence-corrected chi connectivity index (χ3v) is 4.65. The van der Waals surface area contributed by atoms with Gasteiger partial charge in [0.05, 0.1) is 17.5 Å². The van der Waals surface area contributed by atoms with Gasteiger partial charge in [-0.15, -0.1) is 17.8 Å². The number of thiophene rings is 1. The summed E-state index contributed by atoms with van der Waals surface area (Å²) < 4.78 is 37.7. The number of allylic oxidation sites excluding steroid dienone is 3. The molecule has 138 valence electrons. The quantitative estimate of drug-likeness (QED) is 0.401. The van der Waals surface area contributed by atoms with Gasteiger partial charge in [0.1, 0.15) is 5.00 Å².